The van der Waals surface area contributed by atoms with E-state index in [-0.39, 0.29) is 11.8 Å². The predicted molar refractivity (Wildman–Crippen MR) is 571 cm³/mol. The quantitative estimate of drug-likeness (QED) is 0.140. The number of furan rings is 1. The van der Waals surface area contributed by atoms with Gasteiger partial charge < -0.3 is 48.0 Å². The van der Waals surface area contributed by atoms with Gasteiger partial charge in [-0.2, -0.15) is 10.2 Å². The minimum atomic E-state index is 0.0613. The first-order chi connectivity index (χ1) is 66.9. The van der Waals surface area contributed by atoms with Gasteiger partial charge in [-0.3, -0.25) is 23.7 Å². The highest BCUT2D eigenvalue weighted by atomic mass is 32.1. The number of aryl methyl sites for hydroxylation is 19. The molecule has 21 heteroatoms. The Morgan fingerprint density at radius 3 is 1.57 bits per heavy atom. The van der Waals surface area contributed by atoms with E-state index in [1.165, 1.54) is 104 Å². The summed E-state index contributed by atoms with van der Waals surface area (Å²) in [7, 11) is 5.65. The van der Waals surface area contributed by atoms with Crippen molar-refractivity contribution in [1.82, 2.24) is 44.7 Å². The lowest BCUT2D eigenvalue weighted by atomic mass is 10.1. The molecular weight excluding hydrogens is 1750 g/mol. The molecule has 11 aromatic carbocycles. The molecule has 6 aromatic heterocycles. The summed E-state index contributed by atoms with van der Waals surface area (Å²) in [5, 5.41) is 22.8. The number of hydrogen-bond donors (Lipinski definition) is 1. The molecule has 0 spiro atoms. The number of nitrogens with zero attached hydrogens (tertiary/aromatic N) is 9. The molecule has 3 aliphatic heterocycles. The van der Waals surface area contributed by atoms with Gasteiger partial charge in [0.1, 0.15) is 28.9 Å². The van der Waals surface area contributed by atoms with Crippen LogP contribution >= 0.6 is 11.3 Å². The van der Waals surface area contributed by atoms with Crippen LogP contribution in [0.4, 0.5) is 5.82 Å². The maximum Gasteiger partial charge on any atom is 0.254 e. The summed E-state index contributed by atoms with van der Waals surface area (Å²) in [4.78, 5) is 50.1. The lowest BCUT2D eigenvalue weighted by molar-refractivity contribution is 0.0303. The van der Waals surface area contributed by atoms with E-state index in [1.807, 2.05) is 179 Å². The summed E-state index contributed by atoms with van der Waals surface area (Å²) >= 11 is 1.81. The van der Waals surface area contributed by atoms with Crippen LogP contribution in [0.1, 0.15) is 153 Å². The molecule has 20 nitrogen and oxygen atoms in total. The number of anilines is 1. The van der Waals surface area contributed by atoms with Crippen molar-refractivity contribution in [3.8, 4) is 23.0 Å². The van der Waals surface area contributed by atoms with Gasteiger partial charge >= 0.3 is 0 Å². The van der Waals surface area contributed by atoms with E-state index in [0.29, 0.717) is 44.4 Å². The van der Waals surface area contributed by atoms with Crippen LogP contribution in [-0.4, -0.2) is 143 Å². The predicted octanol–water partition coefficient (Wildman–Crippen LogP) is 26.1. The molecule has 1 N–H and O–H groups in total. The Bertz CT molecular complexity index is 6760. The maximum atomic E-state index is 12.0. The summed E-state index contributed by atoms with van der Waals surface area (Å²) in [5.41, 5.74) is 22.3. The Morgan fingerprint density at radius 2 is 1.00 bits per heavy atom. The maximum absolute atomic E-state index is 12.0. The van der Waals surface area contributed by atoms with Crippen LogP contribution in [0.25, 0.3) is 53.4 Å². The average molecular weight is 1890 g/mol. The number of aldehydes is 1. The minimum absolute atomic E-state index is 0.0613. The average Bonchev–Trinajstić information content (AvgIpc) is 1.68. The molecule has 1 aliphatic carbocycles. The van der Waals surface area contributed by atoms with Crippen LogP contribution in [0, 0.1) is 118 Å². The smallest absolute Gasteiger partial charge is 0.254 e. The second kappa shape index (κ2) is 54.7. The lowest BCUT2D eigenvalue weighted by Gasteiger charge is -2.27. The van der Waals surface area contributed by atoms with Crippen LogP contribution in [-0.2, 0) is 23.6 Å². The standard InChI is InChI=1S/C13H14O.C12H15NO2.C12H12O.C11H13NO.C10H14N2O.2C10H12N2.C10H12O2.C9H8S.C8H10.C7H10N2.C6H6O2/c1-3-14-13-7-6-11-8-10(2)4-5-12(11)9-13;1-10-3-2-4-11(9-10)12(14)13-5-7-15-8-6-13;1-9-3-4-11-8-12(13-2)6-5-10(11)7-9;1-8-3-2-4-9(7-8)11(13)12-10-5-6-10;1-9-2-3-10(11-8-9)12-4-6-13-7-5-12;1-7-4-5-9-8(2)12(3)11-10(9)6-7;1-7-4-5-9-8(2)11-12(3)10(9)6-7;1-8-3-4-9-10(7-8)12-6-2-5-11-9;1-7-6-10-9-5-3-2-4-8(7)9;1-7-4-3-5-8(2)6-7;1-5-4-8-7(3)9-6(5)2;1-5-2-3-6(4-7)8-5/h4-9H,3H2,1-2H3;2-4,9H,5-8H2,1H3;3-8H,1-2H3;2-4,7,10H,5-6H2,1H3,(H,12,13);2-3,8H,4-7H2,1H3;2*4-6H,1-3H3;3-4,7H,2,5-6H2,1H3;2-6H,1H3;3-6H,1-2H3;4H,1-3H3;2-4H,1H3. The first-order valence-electron chi connectivity index (χ1n) is 47.5. The minimum Gasteiger partial charge on any atom is -0.497 e. The molecule has 0 radical (unpaired) electrons. The molecule has 139 heavy (non-hydrogen) atoms. The number of nitrogens with one attached hydrogen (secondary N) is 1. The molecule has 2 amide bonds. The number of fused-ring (bicyclic) bond motifs is 6. The van der Waals surface area contributed by atoms with Crippen LogP contribution in [0.5, 0.6) is 23.0 Å². The number of ether oxygens (including phenoxy) is 6. The van der Waals surface area contributed by atoms with E-state index in [0.717, 1.165) is 151 Å². The van der Waals surface area contributed by atoms with E-state index in [1.54, 1.807) is 26.2 Å². The van der Waals surface area contributed by atoms with Crippen molar-refractivity contribution in [2.24, 2.45) is 14.1 Å². The van der Waals surface area contributed by atoms with Crippen molar-refractivity contribution >= 4 is 88.7 Å². The van der Waals surface area contributed by atoms with Crippen molar-refractivity contribution in [2.75, 3.05) is 84.4 Å². The van der Waals surface area contributed by atoms with Gasteiger partial charge in [-0.15, -0.1) is 11.3 Å². The van der Waals surface area contributed by atoms with Gasteiger partial charge in [-0.1, -0.05) is 185 Å². The van der Waals surface area contributed by atoms with Crippen molar-refractivity contribution < 1.29 is 47.2 Å². The Labute approximate surface area is 825 Å². The zero-order chi connectivity index (χ0) is 99.9. The fourth-order valence-corrected chi connectivity index (χ4v) is 15.8. The zero-order valence-electron chi connectivity index (χ0n) is 85.0. The summed E-state index contributed by atoms with van der Waals surface area (Å²) in [6.45, 7) is 45.1. The number of carbonyl (C=O) groups excluding carboxylic acids is 3. The fourth-order valence-electron chi connectivity index (χ4n) is 14.9. The largest absolute Gasteiger partial charge is 0.497 e. The molecule has 21 rings (SSSR count). The van der Waals surface area contributed by atoms with Crippen LogP contribution in [0.15, 0.2) is 271 Å². The molecule has 0 bridgehead atoms. The summed E-state index contributed by atoms with van der Waals surface area (Å²) in [5.74, 6) is 6.86. The number of thiophene rings is 1. The number of methoxy groups -OCH3 is 1. The fraction of sp³-hybridized carbons (Fsp3) is 0.305. The summed E-state index contributed by atoms with van der Waals surface area (Å²) in [6.07, 6.45) is 7.68. The number of pyridine rings is 1. The number of carbonyl (C=O) groups is 3. The Morgan fingerprint density at radius 1 is 0.460 bits per heavy atom. The molecule has 726 valence electrons. The number of morpholine rings is 2. The van der Waals surface area contributed by atoms with Gasteiger partial charge in [-0.05, 0) is 300 Å². The molecule has 3 fully saturated rings. The van der Waals surface area contributed by atoms with Gasteiger partial charge in [0, 0.05) is 103 Å². The Balaban J connectivity index is 0.000000157. The van der Waals surface area contributed by atoms with Crippen LogP contribution < -0.4 is 29.2 Å². The monoisotopic (exact) mass is 1890 g/mol. The third-order valence-corrected chi connectivity index (χ3v) is 24.0. The normalized spacial score (nSPS) is 12.5. The summed E-state index contributed by atoms with van der Waals surface area (Å²) < 4.78 is 42.2. The Hall–Kier alpha value is -14.1. The van der Waals surface area contributed by atoms with Crippen LogP contribution in [0.2, 0.25) is 0 Å². The van der Waals surface area contributed by atoms with Gasteiger partial charge in [-0.25, -0.2) is 15.0 Å². The van der Waals surface area contributed by atoms with Crippen molar-refractivity contribution in [1.29, 1.82) is 0 Å². The van der Waals surface area contributed by atoms with E-state index in [2.05, 4.69) is 268 Å². The highest BCUT2D eigenvalue weighted by molar-refractivity contribution is 7.17. The van der Waals surface area contributed by atoms with Crippen molar-refractivity contribution in [3.05, 3.63) is 379 Å². The van der Waals surface area contributed by atoms with E-state index in [9.17, 15) is 14.4 Å². The van der Waals surface area contributed by atoms with Crippen molar-refractivity contribution in [3.63, 3.8) is 0 Å². The van der Waals surface area contributed by atoms with E-state index >= 15 is 0 Å². The SMILES string of the molecule is CCOc1ccc2cc(C)ccc2c1.COc1ccc2cc(C)ccc2c1.Cc1ccc(C=O)o1.Cc1ccc(N2CCOCC2)nc1.Cc1ccc2c(C)n(C)nc2c1.Cc1ccc2c(C)nn(C)c2c1.Cc1ccc2c(c1)OCCCO2.Cc1cccc(C(=O)N2CCOCC2)c1.Cc1cccc(C(=O)NC2CC2)c1.Cc1cccc(C)c1.Cc1csc2ccccc12.Cc1ncc(C)c(C)n1. The topological polar surface area (TPSA) is 213 Å². The molecule has 9 heterocycles. The van der Waals surface area contributed by atoms with Crippen molar-refractivity contribution in [2.45, 2.75) is 150 Å². The number of hydrogen-bond acceptors (Lipinski definition) is 17. The number of rotatable bonds is 8. The molecule has 1 saturated carbocycles. The lowest BCUT2D eigenvalue weighted by Crippen LogP contribution is -2.40. The molecule has 0 atom stereocenters. The highest BCUT2D eigenvalue weighted by Gasteiger charge is 2.24. The first kappa shape index (κ1) is 107. The highest BCUT2D eigenvalue weighted by Crippen LogP contribution is 2.31. The van der Waals surface area contributed by atoms with E-state index < -0.39 is 0 Å². The van der Waals surface area contributed by atoms with Gasteiger partial charge in [0.2, 0.25) is 0 Å². The Kier molecular flexibility index (Phi) is 42.1. The van der Waals surface area contributed by atoms with Gasteiger partial charge in [0.05, 0.1) is 70.1 Å². The van der Waals surface area contributed by atoms with Crippen LogP contribution in [0.3, 0.4) is 0 Å². The third-order valence-electron chi connectivity index (χ3n) is 22.9. The van der Waals surface area contributed by atoms with Gasteiger partial charge in [0.25, 0.3) is 11.8 Å². The first-order valence-corrected chi connectivity index (χ1v) is 48.4. The second-order valence-corrected chi connectivity index (χ2v) is 36.0. The number of amides is 2. The second-order valence-electron chi connectivity index (χ2n) is 35.1. The van der Waals surface area contributed by atoms with Gasteiger partial charge in [0.15, 0.2) is 23.5 Å². The molecular formula is C118H138N10O10S. The number of benzene rings is 11. The number of aromatic nitrogens is 7. The zero-order valence-corrected chi connectivity index (χ0v) is 85.8. The molecule has 0 unspecified atom stereocenters. The third kappa shape index (κ3) is 35.1. The molecule has 2 saturated heterocycles. The molecule has 17 aromatic rings. The summed E-state index contributed by atoms with van der Waals surface area (Å²) in [6, 6.07) is 84.3. The van der Waals surface area contributed by atoms with E-state index in [4.69, 9.17) is 32.8 Å². The molecule has 4 aliphatic rings.